The van der Waals surface area contributed by atoms with Crippen molar-refractivity contribution in [3.63, 3.8) is 0 Å². The zero-order valence-corrected chi connectivity index (χ0v) is 13.0. The molecule has 0 amide bonds. The molecule has 3 heterocycles. The summed E-state index contributed by atoms with van der Waals surface area (Å²) < 4.78 is 40.7. The summed E-state index contributed by atoms with van der Waals surface area (Å²) in [5.41, 5.74) is -1.33. The molecule has 0 radical (unpaired) electrons. The average molecular weight is 349 g/mol. The van der Waals surface area contributed by atoms with E-state index in [2.05, 4.69) is 15.1 Å². The number of benzene rings is 1. The van der Waals surface area contributed by atoms with Crippen LogP contribution in [-0.4, -0.2) is 49.6 Å². The van der Waals surface area contributed by atoms with Crippen molar-refractivity contribution in [1.29, 1.82) is 0 Å². The Balaban J connectivity index is 1.79. The molecular weight excluding hydrogens is 335 g/mol. The van der Waals surface area contributed by atoms with E-state index in [1.54, 1.807) is 6.07 Å². The van der Waals surface area contributed by atoms with E-state index in [0.29, 0.717) is 17.3 Å². The molecule has 1 saturated heterocycles. The van der Waals surface area contributed by atoms with Crippen LogP contribution in [0.25, 0.3) is 17.0 Å². The Bertz CT molecular complexity index is 911. The number of fused-ring (bicyclic) bond motifs is 1. The van der Waals surface area contributed by atoms with Crippen molar-refractivity contribution in [2.24, 2.45) is 0 Å². The van der Waals surface area contributed by atoms with Gasteiger partial charge in [-0.25, -0.2) is 4.98 Å². The maximum absolute atomic E-state index is 13.1. The zero-order chi connectivity index (χ0) is 17.7. The van der Waals surface area contributed by atoms with Gasteiger partial charge in [0.2, 0.25) is 0 Å². The van der Waals surface area contributed by atoms with Gasteiger partial charge < -0.3 is 10.0 Å². The first-order valence-corrected chi connectivity index (χ1v) is 7.68. The van der Waals surface area contributed by atoms with Gasteiger partial charge in [0.15, 0.2) is 5.60 Å². The maximum atomic E-state index is 13.1. The predicted molar refractivity (Wildman–Crippen MR) is 84.1 cm³/mol. The third-order valence-electron chi connectivity index (χ3n) is 4.40. The van der Waals surface area contributed by atoms with Gasteiger partial charge in [0.1, 0.15) is 12.1 Å². The number of rotatable bonds is 2. The maximum Gasteiger partial charge on any atom is 0.418 e. The lowest BCUT2D eigenvalue weighted by Gasteiger charge is -2.26. The van der Waals surface area contributed by atoms with E-state index >= 15 is 0 Å². The van der Waals surface area contributed by atoms with Crippen molar-refractivity contribution in [3.8, 4) is 11.3 Å². The van der Waals surface area contributed by atoms with E-state index in [-0.39, 0.29) is 6.54 Å². The summed E-state index contributed by atoms with van der Waals surface area (Å²) in [6.07, 6.45) is -3.78. The quantitative estimate of drug-likeness (QED) is 0.769. The molecule has 0 unspecified atom stereocenters. The Kier molecular flexibility index (Phi) is 3.43. The summed E-state index contributed by atoms with van der Waals surface area (Å²) in [4.78, 5) is 9.91. The van der Waals surface area contributed by atoms with Gasteiger partial charge in [0, 0.05) is 24.6 Å². The van der Waals surface area contributed by atoms with Crippen molar-refractivity contribution >= 4 is 11.6 Å². The highest BCUT2D eigenvalue weighted by Gasteiger charge is 2.57. The minimum Gasteiger partial charge on any atom is -0.379 e. The normalized spacial score (nSPS) is 21.2. The van der Waals surface area contributed by atoms with E-state index in [0.717, 1.165) is 5.56 Å². The molecule has 0 spiro atoms. The molecule has 2 aromatic heterocycles. The number of halogens is 3. The third kappa shape index (κ3) is 2.60. The number of anilines is 1. The summed E-state index contributed by atoms with van der Waals surface area (Å²) >= 11 is 0. The lowest BCUT2D eigenvalue weighted by Crippen LogP contribution is -2.47. The lowest BCUT2D eigenvalue weighted by molar-refractivity contribution is -0.250. The first-order chi connectivity index (χ1) is 11.9. The van der Waals surface area contributed by atoms with Crippen LogP contribution in [0, 0.1) is 0 Å². The minimum atomic E-state index is -4.68. The van der Waals surface area contributed by atoms with Crippen LogP contribution in [0.4, 0.5) is 19.0 Å². The van der Waals surface area contributed by atoms with E-state index in [4.69, 9.17) is 0 Å². The third-order valence-corrected chi connectivity index (χ3v) is 4.40. The van der Waals surface area contributed by atoms with Gasteiger partial charge in [-0.05, 0) is 0 Å². The van der Waals surface area contributed by atoms with Gasteiger partial charge in [-0.1, -0.05) is 30.3 Å². The number of aromatic nitrogens is 4. The van der Waals surface area contributed by atoms with Gasteiger partial charge in [0.05, 0.1) is 12.2 Å². The number of β-amino-alcohol motifs (C(OH)–C–C–N with tert-alkyl or cyclic N) is 1. The molecule has 1 aromatic carbocycles. The molecule has 1 aliphatic heterocycles. The SMILES string of the molecule is O[C@]1(C(F)(F)F)CCN(c2cc(-c3ccccc3)nc3ncnn23)C1. The van der Waals surface area contributed by atoms with E-state index in [1.807, 2.05) is 30.3 Å². The summed E-state index contributed by atoms with van der Waals surface area (Å²) in [5, 5.41) is 14.0. The van der Waals surface area contributed by atoms with E-state index in [9.17, 15) is 18.3 Å². The summed E-state index contributed by atoms with van der Waals surface area (Å²) in [6, 6.07) is 10.9. The second kappa shape index (κ2) is 5.41. The molecule has 1 fully saturated rings. The number of alkyl halides is 3. The van der Waals surface area contributed by atoms with Crippen LogP contribution in [-0.2, 0) is 0 Å². The van der Waals surface area contributed by atoms with Crippen LogP contribution in [0.5, 0.6) is 0 Å². The molecule has 1 aliphatic rings. The molecule has 1 N–H and O–H groups in total. The number of hydrogen-bond acceptors (Lipinski definition) is 5. The first-order valence-electron chi connectivity index (χ1n) is 7.68. The average Bonchev–Trinajstić information content (AvgIpc) is 3.21. The highest BCUT2D eigenvalue weighted by atomic mass is 19.4. The summed E-state index contributed by atoms with van der Waals surface area (Å²) in [5.74, 6) is 0.709. The molecule has 1 atom stereocenters. The van der Waals surface area contributed by atoms with Crippen molar-refractivity contribution in [3.05, 3.63) is 42.7 Å². The van der Waals surface area contributed by atoms with Crippen LogP contribution in [0.3, 0.4) is 0 Å². The Labute approximate surface area is 140 Å². The number of aliphatic hydroxyl groups is 1. The first kappa shape index (κ1) is 15.8. The molecule has 6 nitrogen and oxygen atoms in total. The van der Waals surface area contributed by atoms with Gasteiger partial charge in [-0.2, -0.15) is 27.8 Å². The Morgan fingerprint density at radius 2 is 1.92 bits per heavy atom. The summed E-state index contributed by atoms with van der Waals surface area (Å²) in [6.45, 7) is -0.493. The van der Waals surface area contributed by atoms with Crippen molar-refractivity contribution in [1.82, 2.24) is 19.6 Å². The van der Waals surface area contributed by atoms with E-state index < -0.39 is 24.7 Å². The molecule has 25 heavy (non-hydrogen) atoms. The molecule has 130 valence electrons. The van der Waals surface area contributed by atoms with Crippen molar-refractivity contribution < 1.29 is 18.3 Å². The minimum absolute atomic E-state index is 0.0587. The van der Waals surface area contributed by atoms with Crippen LogP contribution in [0.15, 0.2) is 42.7 Å². The molecule has 3 aromatic rings. The lowest BCUT2D eigenvalue weighted by atomic mass is 10.0. The van der Waals surface area contributed by atoms with Crippen molar-refractivity contribution in [2.75, 3.05) is 18.0 Å². The summed E-state index contributed by atoms with van der Waals surface area (Å²) in [7, 11) is 0. The van der Waals surface area contributed by atoms with Crippen LogP contribution in [0.1, 0.15) is 6.42 Å². The van der Waals surface area contributed by atoms with E-state index in [1.165, 1.54) is 15.7 Å². The predicted octanol–water partition coefficient (Wildman–Crippen LogP) is 2.29. The van der Waals surface area contributed by atoms with Crippen molar-refractivity contribution in [2.45, 2.75) is 18.2 Å². The second-order valence-electron chi connectivity index (χ2n) is 6.04. The highest BCUT2D eigenvalue weighted by molar-refractivity contribution is 5.66. The fourth-order valence-electron chi connectivity index (χ4n) is 3.00. The zero-order valence-electron chi connectivity index (χ0n) is 13.0. The van der Waals surface area contributed by atoms with Gasteiger partial charge in [-0.15, -0.1) is 0 Å². The van der Waals surface area contributed by atoms with Crippen LogP contribution in [0.2, 0.25) is 0 Å². The Morgan fingerprint density at radius 3 is 2.60 bits per heavy atom. The molecule has 0 bridgehead atoms. The topological polar surface area (TPSA) is 66.5 Å². The molecule has 0 saturated carbocycles. The van der Waals surface area contributed by atoms with Crippen LogP contribution < -0.4 is 4.90 Å². The number of hydrogen-bond donors (Lipinski definition) is 1. The largest absolute Gasteiger partial charge is 0.418 e. The molecular formula is C16H14F3N5O. The smallest absolute Gasteiger partial charge is 0.379 e. The standard InChI is InChI=1S/C16H14F3N5O/c17-16(18,19)15(25)6-7-23(9-15)13-8-12(11-4-2-1-3-5-11)22-14-20-10-21-24(13)14/h1-5,8,10,25H,6-7,9H2/t15-/m1/s1. The molecule has 4 rings (SSSR count). The monoisotopic (exact) mass is 349 g/mol. The fourth-order valence-corrected chi connectivity index (χ4v) is 3.00. The van der Waals surface area contributed by atoms with Crippen LogP contribution >= 0.6 is 0 Å². The van der Waals surface area contributed by atoms with Gasteiger partial charge >= 0.3 is 6.18 Å². The van der Waals surface area contributed by atoms with Gasteiger partial charge in [0.25, 0.3) is 5.78 Å². The second-order valence-corrected chi connectivity index (χ2v) is 6.04. The highest BCUT2D eigenvalue weighted by Crippen LogP contribution is 2.39. The Hall–Kier alpha value is -2.68. The molecule has 9 heteroatoms. The number of nitrogens with zero attached hydrogens (tertiary/aromatic N) is 5. The Morgan fingerprint density at radius 1 is 1.16 bits per heavy atom. The fraction of sp³-hybridized carbons (Fsp3) is 0.312. The molecule has 0 aliphatic carbocycles. The van der Waals surface area contributed by atoms with Gasteiger partial charge in [-0.3, -0.25) is 0 Å².